The summed E-state index contributed by atoms with van der Waals surface area (Å²) < 4.78 is 33.9. The zero-order valence-electron chi connectivity index (χ0n) is 22.8. The van der Waals surface area contributed by atoms with Crippen LogP contribution in [0.1, 0.15) is 32.8 Å². The molecular weight excluding hydrogens is 573 g/mol. The number of carbonyl (C=O) groups excluding carboxylic acids is 2. The molecule has 3 aromatic carbocycles. The van der Waals surface area contributed by atoms with Crippen LogP contribution in [0.25, 0.3) is 0 Å². The van der Waals surface area contributed by atoms with Gasteiger partial charge in [-0.05, 0) is 86.5 Å². The van der Waals surface area contributed by atoms with E-state index in [4.69, 9.17) is 27.9 Å². The number of anilines is 1. The monoisotopic (exact) mass is 605 g/mol. The maximum absolute atomic E-state index is 14.0. The first-order valence-electron chi connectivity index (χ1n) is 12.7. The van der Waals surface area contributed by atoms with E-state index < -0.39 is 28.5 Å². The molecule has 1 unspecified atom stereocenters. The van der Waals surface area contributed by atoms with Gasteiger partial charge < -0.3 is 15.0 Å². The number of rotatable bonds is 12. The second-order valence-corrected chi connectivity index (χ2v) is 12.1. The molecule has 0 bridgehead atoms. The Balaban J connectivity index is 2.05. The summed E-state index contributed by atoms with van der Waals surface area (Å²) in [5.41, 5.74) is 0.990. The van der Waals surface area contributed by atoms with Crippen LogP contribution in [0.3, 0.4) is 0 Å². The smallest absolute Gasteiger partial charge is 0.264 e. The maximum Gasteiger partial charge on any atom is 0.264 e. The number of methoxy groups -OCH3 is 1. The number of carbonyl (C=O) groups is 2. The van der Waals surface area contributed by atoms with Crippen molar-refractivity contribution < 1.29 is 22.7 Å². The Morgan fingerprint density at radius 1 is 0.900 bits per heavy atom. The van der Waals surface area contributed by atoms with Gasteiger partial charge in [-0.3, -0.25) is 13.9 Å². The standard InChI is InChI=1S/C29H33Cl2N3O5S/c1-5-27(29(36)32-20(2)3)33(18-21-6-8-22(30)9-7-21)28(35)19-34(24-12-10-23(31)11-13-24)40(37,38)26-16-14-25(39-4)15-17-26/h6-17,20,27H,5,18-19H2,1-4H3,(H,32,36). The number of benzene rings is 3. The van der Waals surface area contributed by atoms with E-state index in [-0.39, 0.29) is 29.1 Å². The van der Waals surface area contributed by atoms with Gasteiger partial charge in [0.1, 0.15) is 18.3 Å². The molecule has 1 N–H and O–H groups in total. The van der Waals surface area contributed by atoms with Crippen LogP contribution >= 0.6 is 23.2 Å². The third kappa shape index (κ3) is 7.90. The highest BCUT2D eigenvalue weighted by Crippen LogP contribution is 2.27. The predicted octanol–water partition coefficient (Wildman–Crippen LogP) is 5.53. The molecule has 0 aliphatic heterocycles. The molecule has 8 nitrogen and oxygen atoms in total. The van der Waals surface area contributed by atoms with Crippen molar-refractivity contribution in [2.24, 2.45) is 0 Å². The molecule has 0 aliphatic rings. The number of sulfonamides is 1. The number of halogens is 2. The van der Waals surface area contributed by atoms with E-state index in [1.807, 2.05) is 13.8 Å². The summed E-state index contributed by atoms with van der Waals surface area (Å²) in [4.78, 5) is 28.6. The number of nitrogens with one attached hydrogen (secondary N) is 1. The van der Waals surface area contributed by atoms with Crippen molar-refractivity contribution in [3.8, 4) is 5.75 Å². The lowest BCUT2D eigenvalue weighted by Gasteiger charge is -2.33. The minimum atomic E-state index is -4.20. The second-order valence-electron chi connectivity index (χ2n) is 9.40. The van der Waals surface area contributed by atoms with E-state index in [0.29, 0.717) is 22.2 Å². The predicted molar refractivity (Wildman–Crippen MR) is 158 cm³/mol. The van der Waals surface area contributed by atoms with Crippen LogP contribution in [0, 0.1) is 0 Å². The minimum absolute atomic E-state index is 0.0232. The zero-order valence-corrected chi connectivity index (χ0v) is 25.1. The van der Waals surface area contributed by atoms with Gasteiger partial charge in [-0.1, -0.05) is 42.3 Å². The fourth-order valence-electron chi connectivity index (χ4n) is 4.10. The Hall–Kier alpha value is -3.27. The van der Waals surface area contributed by atoms with Gasteiger partial charge in [-0.25, -0.2) is 8.42 Å². The van der Waals surface area contributed by atoms with Gasteiger partial charge >= 0.3 is 0 Å². The van der Waals surface area contributed by atoms with Crippen LogP contribution in [-0.4, -0.2) is 50.9 Å². The first kappa shape index (κ1) is 31.3. The highest BCUT2D eigenvalue weighted by Gasteiger charge is 2.33. The maximum atomic E-state index is 14.0. The molecule has 2 amide bonds. The second kappa shape index (κ2) is 13.9. The van der Waals surface area contributed by atoms with Crippen LogP contribution in [-0.2, 0) is 26.2 Å². The van der Waals surface area contributed by atoms with E-state index in [2.05, 4.69) is 5.32 Å². The van der Waals surface area contributed by atoms with Crippen LogP contribution in [0.15, 0.2) is 77.7 Å². The lowest BCUT2D eigenvalue weighted by Crippen LogP contribution is -2.53. The topological polar surface area (TPSA) is 96.0 Å². The van der Waals surface area contributed by atoms with Crippen molar-refractivity contribution in [3.63, 3.8) is 0 Å². The molecular formula is C29H33Cl2N3O5S. The molecule has 3 rings (SSSR count). The van der Waals surface area contributed by atoms with E-state index in [1.54, 1.807) is 43.3 Å². The highest BCUT2D eigenvalue weighted by atomic mass is 35.5. The summed E-state index contributed by atoms with van der Waals surface area (Å²) in [6, 6.07) is 18.0. The summed E-state index contributed by atoms with van der Waals surface area (Å²) in [5, 5.41) is 3.82. The summed E-state index contributed by atoms with van der Waals surface area (Å²) in [5.74, 6) is -0.382. The van der Waals surface area contributed by atoms with Crippen molar-refractivity contribution in [2.75, 3.05) is 18.0 Å². The number of hydrogen-bond acceptors (Lipinski definition) is 5. The number of nitrogens with zero attached hydrogens (tertiary/aromatic N) is 2. The molecule has 3 aromatic rings. The van der Waals surface area contributed by atoms with E-state index in [0.717, 1.165) is 9.87 Å². The van der Waals surface area contributed by atoms with Crippen LogP contribution in [0.5, 0.6) is 5.75 Å². The number of ether oxygens (including phenoxy) is 1. The summed E-state index contributed by atoms with van der Waals surface area (Å²) in [7, 11) is -2.72. The molecule has 214 valence electrons. The van der Waals surface area contributed by atoms with Gasteiger partial charge in [0.2, 0.25) is 11.8 Å². The van der Waals surface area contributed by atoms with E-state index >= 15 is 0 Å². The van der Waals surface area contributed by atoms with Gasteiger partial charge in [-0.2, -0.15) is 0 Å². The lowest BCUT2D eigenvalue weighted by molar-refractivity contribution is -0.140. The Kier molecular flexibility index (Phi) is 10.8. The Morgan fingerprint density at radius 3 is 1.95 bits per heavy atom. The lowest BCUT2D eigenvalue weighted by atomic mass is 10.1. The van der Waals surface area contributed by atoms with Crippen LogP contribution < -0.4 is 14.4 Å². The SMILES string of the molecule is CCC(C(=O)NC(C)C)N(Cc1ccc(Cl)cc1)C(=O)CN(c1ccc(Cl)cc1)S(=O)(=O)c1ccc(OC)cc1. The van der Waals surface area contributed by atoms with Gasteiger partial charge in [0.05, 0.1) is 17.7 Å². The number of amides is 2. The molecule has 0 aromatic heterocycles. The van der Waals surface area contributed by atoms with Gasteiger partial charge in [-0.15, -0.1) is 0 Å². The average Bonchev–Trinajstić information content (AvgIpc) is 2.92. The normalized spacial score (nSPS) is 12.1. The molecule has 0 heterocycles. The summed E-state index contributed by atoms with van der Waals surface area (Å²) in [6.07, 6.45) is 0.323. The molecule has 0 saturated heterocycles. The quantitative estimate of drug-likeness (QED) is 0.293. The molecule has 11 heteroatoms. The Morgan fingerprint density at radius 2 is 1.45 bits per heavy atom. The first-order chi connectivity index (χ1) is 19.0. The van der Waals surface area contributed by atoms with E-state index in [9.17, 15) is 18.0 Å². The highest BCUT2D eigenvalue weighted by molar-refractivity contribution is 7.92. The van der Waals surface area contributed by atoms with Crippen molar-refractivity contribution in [2.45, 2.75) is 50.7 Å². The van der Waals surface area contributed by atoms with E-state index in [1.165, 1.54) is 48.4 Å². The largest absolute Gasteiger partial charge is 0.497 e. The molecule has 0 spiro atoms. The fourth-order valence-corrected chi connectivity index (χ4v) is 5.76. The van der Waals surface area contributed by atoms with Gasteiger partial charge in [0, 0.05) is 22.6 Å². The van der Waals surface area contributed by atoms with Crippen molar-refractivity contribution in [3.05, 3.63) is 88.4 Å². The Labute approximate surface area is 245 Å². The summed E-state index contributed by atoms with van der Waals surface area (Å²) in [6.45, 7) is 5.00. The third-order valence-corrected chi connectivity index (χ3v) is 8.42. The molecule has 1 atom stereocenters. The Bertz CT molecular complexity index is 1400. The summed E-state index contributed by atoms with van der Waals surface area (Å²) >= 11 is 12.1. The minimum Gasteiger partial charge on any atom is -0.497 e. The average molecular weight is 607 g/mol. The molecule has 0 saturated carbocycles. The molecule has 40 heavy (non-hydrogen) atoms. The fraction of sp³-hybridized carbons (Fsp3) is 0.310. The zero-order chi connectivity index (χ0) is 29.4. The number of hydrogen-bond donors (Lipinski definition) is 1. The van der Waals surface area contributed by atoms with Crippen molar-refractivity contribution in [1.29, 1.82) is 0 Å². The van der Waals surface area contributed by atoms with Crippen molar-refractivity contribution >= 4 is 50.7 Å². The first-order valence-corrected chi connectivity index (χ1v) is 14.9. The third-order valence-electron chi connectivity index (χ3n) is 6.12. The molecule has 0 radical (unpaired) electrons. The van der Waals surface area contributed by atoms with Gasteiger partial charge in [0.25, 0.3) is 10.0 Å². The molecule has 0 fully saturated rings. The van der Waals surface area contributed by atoms with Crippen LogP contribution in [0.2, 0.25) is 10.0 Å². The van der Waals surface area contributed by atoms with Crippen LogP contribution in [0.4, 0.5) is 5.69 Å². The van der Waals surface area contributed by atoms with Gasteiger partial charge in [0.15, 0.2) is 0 Å². The van der Waals surface area contributed by atoms with Crippen molar-refractivity contribution in [1.82, 2.24) is 10.2 Å². The molecule has 0 aliphatic carbocycles.